The van der Waals surface area contributed by atoms with Crippen LogP contribution in [-0.2, 0) is 16.9 Å². The summed E-state index contributed by atoms with van der Waals surface area (Å²) in [5.74, 6) is -0.692. The molecule has 0 saturated carbocycles. The summed E-state index contributed by atoms with van der Waals surface area (Å²) in [7, 11) is 1.27. The summed E-state index contributed by atoms with van der Waals surface area (Å²) in [5, 5.41) is 18.7. The van der Waals surface area contributed by atoms with Gasteiger partial charge >= 0.3 is 5.97 Å². The van der Waals surface area contributed by atoms with E-state index >= 15 is 0 Å². The summed E-state index contributed by atoms with van der Waals surface area (Å²) in [6, 6.07) is 13.8. The smallest absolute Gasteiger partial charge is 0.337 e. The molecule has 2 aromatic heterocycles. The van der Waals surface area contributed by atoms with Crippen molar-refractivity contribution in [3.05, 3.63) is 93.1 Å². The maximum Gasteiger partial charge on any atom is 0.337 e. The molecule has 2 aromatic carbocycles. The number of methoxy groups -OCH3 is 1. The van der Waals surface area contributed by atoms with Gasteiger partial charge in [-0.25, -0.2) is 9.18 Å². The van der Waals surface area contributed by atoms with Gasteiger partial charge in [0.05, 0.1) is 19.2 Å². The first-order chi connectivity index (χ1) is 16.7. The topological polar surface area (TPSA) is 104 Å². The molecule has 0 aliphatic carbocycles. The Morgan fingerprint density at radius 1 is 1.14 bits per heavy atom. The van der Waals surface area contributed by atoms with Gasteiger partial charge in [0.15, 0.2) is 5.01 Å². The number of aliphatic hydroxyl groups is 1. The van der Waals surface area contributed by atoms with Crippen LogP contribution < -0.4 is 10.3 Å². The van der Waals surface area contributed by atoms with Gasteiger partial charge < -0.3 is 19.1 Å². The average Bonchev–Trinajstić information content (AvgIpc) is 3.32. The Labute approximate surface area is 204 Å². The van der Waals surface area contributed by atoms with Gasteiger partial charge in [-0.2, -0.15) is 0 Å². The maximum atomic E-state index is 15.0. The minimum Gasteiger partial charge on any atom is -0.465 e. The van der Waals surface area contributed by atoms with E-state index in [4.69, 9.17) is 9.47 Å². The molecule has 2 heterocycles. The Balaban J connectivity index is 1.67. The lowest BCUT2D eigenvalue weighted by Crippen LogP contribution is -2.18. The molecule has 0 unspecified atom stereocenters. The van der Waals surface area contributed by atoms with Crippen molar-refractivity contribution in [3.8, 4) is 22.1 Å². The summed E-state index contributed by atoms with van der Waals surface area (Å²) >= 11 is 1.09. The maximum absolute atomic E-state index is 15.0. The number of benzene rings is 2. The first-order valence-corrected chi connectivity index (χ1v) is 11.4. The number of hydrogen-bond donors (Lipinski definition) is 1. The third kappa shape index (κ3) is 5.44. The second-order valence-electron chi connectivity index (χ2n) is 8.20. The van der Waals surface area contributed by atoms with Crippen molar-refractivity contribution in [2.75, 3.05) is 7.11 Å². The van der Waals surface area contributed by atoms with E-state index in [2.05, 4.69) is 10.2 Å². The highest BCUT2D eigenvalue weighted by molar-refractivity contribution is 7.14. The van der Waals surface area contributed by atoms with Crippen LogP contribution in [0.15, 0.2) is 65.6 Å². The van der Waals surface area contributed by atoms with Crippen molar-refractivity contribution in [2.24, 2.45) is 0 Å². The van der Waals surface area contributed by atoms with Crippen molar-refractivity contribution in [2.45, 2.75) is 26.0 Å². The minimum absolute atomic E-state index is 0.182. The zero-order chi connectivity index (χ0) is 25.2. The lowest BCUT2D eigenvalue weighted by molar-refractivity contribution is 0.0600. The Bertz CT molecular complexity index is 1440. The Hall–Kier alpha value is -3.89. The summed E-state index contributed by atoms with van der Waals surface area (Å²) < 4.78 is 27.2. The van der Waals surface area contributed by atoms with E-state index in [9.17, 15) is 19.1 Å². The number of carbonyl (C=O) groups is 1. The first kappa shape index (κ1) is 24.2. The molecule has 0 aliphatic rings. The second-order valence-corrected chi connectivity index (χ2v) is 9.17. The number of esters is 1. The number of nitrogens with zero attached hydrogens (tertiary/aromatic N) is 3. The molecule has 0 saturated heterocycles. The van der Waals surface area contributed by atoms with E-state index in [1.807, 2.05) is 0 Å². The van der Waals surface area contributed by atoms with Crippen molar-refractivity contribution in [3.63, 3.8) is 0 Å². The molecule has 0 atom stereocenters. The van der Waals surface area contributed by atoms with Crippen LogP contribution in [0, 0.1) is 5.82 Å². The molecule has 180 valence electrons. The Morgan fingerprint density at radius 3 is 2.60 bits per heavy atom. The fourth-order valence-electron chi connectivity index (χ4n) is 3.24. The molecular weight excluding hydrogens is 473 g/mol. The highest BCUT2D eigenvalue weighted by Gasteiger charge is 2.23. The zero-order valence-electron chi connectivity index (χ0n) is 19.2. The number of carbonyl (C=O) groups excluding carboxylic acids is 1. The Morgan fingerprint density at radius 2 is 1.94 bits per heavy atom. The molecule has 0 radical (unpaired) electrons. The summed E-state index contributed by atoms with van der Waals surface area (Å²) in [5.41, 5.74) is -0.318. The highest BCUT2D eigenvalue weighted by Crippen LogP contribution is 2.34. The van der Waals surface area contributed by atoms with Crippen LogP contribution in [-0.4, -0.2) is 33.0 Å². The third-order valence-electron chi connectivity index (χ3n) is 5.08. The van der Waals surface area contributed by atoms with Gasteiger partial charge in [0.2, 0.25) is 0 Å². The SMILES string of the molecule is COC(=O)c1ccc(Cn2ccccc2=O)c(Oc2ccc(-c3nnc(C(C)(C)O)s3)c(F)c2)c1. The lowest BCUT2D eigenvalue weighted by atomic mass is 10.1. The Kier molecular flexibility index (Phi) is 6.77. The molecule has 1 N–H and O–H groups in total. The second kappa shape index (κ2) is 9.77. The van der Waals surface area contributed by atoms with E-state index in [0.717, 1.165) is 11.3 Å². The lowest BCUT2D eigenvalue weighted by Gasteiger charge is -2.14. The standard InChI is InChI=1S/C25H22FN3O5S/c1-25(2,32)24-28-27-22(35-24)18-10-9-17(13-19(18)26)34-20-12-15(23(31)33-3)7-8-16(20)14-29-11-5-4-6-21(29)30/h4-13,32H,14H2,1-3H3. The van der Waals surface area contributed by atoms with Crippen LogP contribution in [0.2, 0.25) is 0 Å². The van der Waals surface area contributed by atoms with E-state index in [-0.39, 0.29) is 34.7 Å². The van der Waals surface area contributed by atoms with E-state index in [0.29, 0.717) is 15.6 Å². The fourth-order valence-corrected chi connectivity index (χ4v) is 4.11. The molecule has 10 heteroatoms. The van der Waals surface area contributed by atoms with Crippen LogP contribution >= 0.6 is 11.3 Å². The van der Waals surface area contributed by atoms with Crippen LogP contribution in [0.3, 0.4) is 0 Å². The summed E-state index contributed by atoms with van der Waals surface area (Å²) in [4.78, 5) is 24.2. The van der Waals surface area contributed by atoms with Gasteiger partial charge in [-0.1, -0.05) is 23.5 Å². The number of halogens is 1. The average molecular weight is 496 g/mol. The monoisotopic (exact) mass is 495 g/mol. The largest absolute Gasteiger partial charge is 0.465 e. The fraction of sp³-hybridized carbons (Fsp3) is 0.200. The van der Waals surface area contributed by atoms with Crippen LogP contribution in [0.25, 0.3) is 10.6 Å². The van der Waals surface area contributed by atoms with Gasteiger partial charge in [0.1, 0.15) is 27.9 Å². The summed E-state index contributed by atoms with van der Waals surface area (Å²) in [6.07, 6.45) is 1.64. The third-order valence-corrected chi connectivity index (χ3v) is 6.34. The summed E-state index contributed by atoms with van der Waals surface area (Å²) in [6.45, 7) is 3.34. The van der Waals surface area contributed by atoms with E-state index in [1.54, 1.807) is 50.4 Å². The van der Waals surface area contributed by atoms with Gasteiger partial charge in [-0.05, 0) is 44.2 Å². The van der Waals surface area contributed by atoms with Crippen LogP contribution in [0.5, 0.6) is 11.5 Å². The van der Waals surface area contributed by atoms with Crippen molar-refractivity contribution in [1.82, 2.24) is 14.8 Å². The number of pyridine rings is 1. The predicted molar refractivity (Wildman–Crippen MR) is 128 cm³/mol. The molecule has 0 bridgehead atoms. The molecule has 0 spiro atoms. The van der Waals surface area contributed by atoms with Gasteiger partial charge in [0, 0.05) is 29.5 Å². The molecule has 0 aliphatic heterocycles. The quantitative estimate of drug-likeness (QED) is 0.380. The van der Waals surface area contributed by atoms with E-state index < -0.39 is 17.4 Å². The molecule has 35 heavy (non-hydrogen) atoms. The predicted octanol–water partition coefficient (Wildman–Crippen LogP) is 4.36. The first-order valence-electron chi connectivity index (χ1n) is 10.6. The number of aromatic nitrogens is 3. The van der Waals surface area contributed by atoms with Crippen LogP contribution in [0.4, 0.5) is 4.39 Å². The van der Waals surface area contributed by atoms with Gasteiger partial charge in [-0.3, -0.25) is 4.79 Å². The van der Waals surface area contributed by atoms with Gasteiger partial charge in [-0.15, -0.1) is 10.2 Å². The number of hydrogen-bond acceptors (Lipinski definition) is 8. The molecule has 0 fully saturated rings. The normalized spacial score (nSPS) is 11.3. The molecule has 8 nitrogen and oxygen atoms in total. The van der Waals surface area contributed by atoms with Crippen molar-refractivity contribution in [1.29, 1.82) is 0 Å². The van der Waals surface area contributed by atoms with Gasteiger partial charge in [0.25, 0.3) is 5.56 Å². The van der Waals surface area contributed by atoms with E-state index in [1.165, 1.54) is 35.9 Å². The van der Waals surface area contributed by atoms with Crippen molar-refractivity contribution >= 4 is 17.3 Å². The van der Waals surface area contributed by atoms with Crippen molar-refractivity contribution < 1.29 is 23.8 Å². The molecular formula is C25H22FN3O5S. The molecule has 4 aromatic rings. The van der Waals surface area contributed by atoms with Crippen LogP contribution in [0.1, 0.15) is 34.8 Å². The minimum atomic E-state index is -1.18. The zero-order valence-corrected chi connectivity index (χ0v) is 20.0. The number of ether oxygens (including phenoxy) is 2. The molecule has 4 rings (SSSR count). The highest BCUT2D eigenvalue weighted by atomic mass is 32.1. The molecule has 0 amide bonds. The number of rotatable bonds is 7.